The van der Waals surface area contributed by atoms with E-state index in [0.29, 0.717) is 6.54 Å². The third kappa shape index (κ3) is 2.32. The van der Waals surface area contributed by atoms with Crippen molar-refractivity contribution in [2.75, 3.05) is 14.1 Å². The average Bonchev–Trinajstić information content (AvgIpc) is 2.65. The smallest absolute Gasteiger partial charge is 0.259 e. The van der Waals surface area contributed by atoms with Crippen LogP contribution in [0.15, 0.2) is 4.79 Å². The summed E-state index contributed by atoms with van der Waals surface area (Å²) in [4.78, 5) is 24.1. The third-order valence-corrected chi connectivity index (χ3v) is 4.83. The number of nitrogens with zero attached hydrogens (tertiary/aromatic N) is 2. The Balaban J connectivity index is 2.14. The van der Waals surface area contributed by atoms with Crippen LogP contribution in [0.25, 0.3) is 10.2 Å². The van der Waals surface area contributed by atoms with Gasteiger partial charge in [-0.1, -0.05) is 6.92 Å². The second-order valence-electron chi connectivity index (χ2n) is 5.78. The zero-order valence-electron chi connectivity index (χ0n) is 11.6. The lowest BCUT2D eigenvalue weighted by molar-refractivity contribution is 0.390. The fraction of sp³-hybridized carbons (Fsp3) is 0.571. The van der Waals surface area contributed by atoms with E-state index in [9.17, 15) is 4.79 Å². The molecule has 0 unspecified atom stereocenters. The molecule has 2 aromatic heterocycles. The van der Waals surface area contributed by atoms with E-state index < -0.39 is 0 Å². The molecule has 1 atom stereocenters. The van der Waals surface area contributed by atoms with E-state index in [1.807, 2.05) is 19.0 Å². The highest BCUT2D eigenvalue weighted by Gasteiger charge is 2.22. The van der Waals surface area contributed by atoms with Gasteiger partial charge in [-0.05, 0) is 44.8 Å². The first kappa shape index (κ1) is 12.8. The number of aromatic amines is 1. The number of thiophene rings is 1. The Morgan fingerprint density at radius 2 is 2.26 bits per heavy atom. The monoisotopic (exact) mass is 277 g/mol. The lowest BCUT2D eigenvalue weighted by Crippen LogP contribution is -2.19. The van der Waals surface area contributed by atoms with Crippen LogP contribution in [0.1, 0.15) is 29.6 Å². The Morgan fingerprint density at radius 1 is 1.47 bits per heavy atom. The molecule has 5 heteroatoms. The van der Waals surface area contributed by atoms with Crippen molar-refractivity contribution in [1.82, 2.24) is 14.9 Å². The van der Waals surface area contributed by atoms with Crippen LogP contribution in [0.4, 0.5) is 0 Å². The van der Waals surface area contributed by atoms with Crippen LogP contribution in [0.5, 0.6) is 0 Å². The van der Waals surface area contributed by atoms with Crippen LogP contribution in [0.3, 0.4) is 0 Å². The van der Waals surface area contributed by atoms with Gasteiger partial charge in [-0.15, -0.1) is 11.3 Å². The van der Waals surface area contributed by atoms with Crippen LogP contribution in [-0.4, -0.2) is 29.0 Å². The van der Waals surface area contributed by atoms with E-state index in [4.69, 9.17) is 0 Å². The first-order valence-electron chi connectivity index (χ1n) is 6.72. The van der Waals surface area contributed by atoms with E-state index in [-0.39, 0.29) is 5.56 Å². The Morgan fingerprint density at radius 3 is 3.00 bits per heavy atom. The summed E-state index contributed by atoms with van der Waals surface area (Å²) < 4.78 is 0. The Hall–Kier alpha value is -1.20. The van der Waals surface area contributed by atoms with Crippen molar-refractivity contribution in [1.29, 1.82) is 0 Å². The quantitative estimate of drug-likeness (QED) is 0.915. The number of aromatic nitrogens is 2. The normalized spacial score (nSPS) is 19.1. The number of hydrogen-bond donors (Lipinski definition) is 1. The number of H-pyrrole nitrogens is 1. The summed E-state index contributed by atoms with van der Waals surface area (Å²) in [6.07, 6.45) is 3.30. The van der Waals surface area contributed by atoms with Crippen molar-refractivity contribution in [3.05, 3.63) is 26.6 Å². The van der Waals surface area contributed by atoms with E-state index in [1.165, 1.54) is 16.9 Å². The highest BCUT2D eigenvalue weighted by Crippen LogP contribution is 2.35. The molecule has 0 bridgehead atoms. The summed E-state index contributed by atoms with van der Waals surface area (Å²) in [5.74, 6) is 1.48. The third-order valence-electron chi connectivity index (χ3n) is 3.68. The van der Waals surface area contributed by atoms with Gasteiger partial charge in [0.25, 0.3) is 5.56 Å². The molecule has 1 aliphatic carbocycles. The van der Waals surface area contributed by atoms with Crippen molar-refractivity contribution >= 4 is 21.6 Å². The molecule has 102 valence electrons. The van der Waals surface area contributed by atoms with Gasteiger partial charge in [0.05, 0.1) is 11.9 Å². The molecule has 2 heterocycles. The van der Waals surface area contributed by atoms with Crippen LogP contribution in [0.2, 0.25) is 0 Å². The van der Waals surface area contributed by atoms with Crippen molar-refractivity contribution in [2.24, 2.45) is 5.92 Å². The minimum atomic E-state index is 0.0360. The predicted molar refractivity (Wildman–Crippen MR) is 78.8 cm³/mol. The molecular weight excluding hydrogens is 258 g/mol. The van der Waals surface area contributed by atoms with Crippen molar-refractivity contribution < 1.29 is 0 Å². The van der Waals surface area contributed by atoms with Gasteiger partial charge in [0, 0.05) is 4.88 Å². The van der Waals surface area contributed by atoms with E-state index in [2.05, 4.69) is 16.9 Å². The molecule has 2 aromatic rings. The number of aryl methyl sites for hydroxylation is 1. The minimum absolute atomic E-state index is 0.0360. The molecule has 0 saturated carbocycles. The lowest BCUT2D eigenvalue weighted by Gasteiger charge is -2.17. The van der Waals surface area contributed by atoms with E-state index in [0.717, 1.165) is 34.8 Å². The first-order chi connectivity index (χ1) is 9.04. The number of fused-ring (bicyclic) bond motifs is 3. The fourth-order valence-corrected chi connectivity index (χ4v) is 4.17. The maximum Gasteiger partial charge on any atom is 0.259 e. The summed E-state index contributed by atoms with van der Waals surface area (Å²) in [5.41, 5.74) is 1.29. The molecule has 0 aliphatic heterocycles. The minimum Gasteiger partial charge on any atom is -0.309 e. The molecule has 0 radical (unpaired) electrons. The van der Waals surface area contributed by atoms with Crippen molar-refractivity contribution in [2.45, 2.75) is 32.7 Å². The molecule has 3 rings (SSSR count). The van der Waals surface area contributed by atoms with Gasteiger partial charge in [-0.3, -0.25) is 4.79 Å². The molecule has 1 aliphatic rings. The van der Waals surface area contributed by atoms with Crippen molar-refractivity contribution in [3.8, 4) is 0 Å². The topological polar surface area (TPSA) is 49.0 Å². The van der Waals surface area contributed by atoms with Crippen molar-refractivity contribution in [3.63, 3.8) is 0 Å². The maximum atomic E-state index is 12.3. The summed E-state index contributed by atoms with van der Waals surface area (Å²) >= 11 is 1.71. The van der Waals surface area contributed by atoms with Crippen LogP contribution in [-0.2, 0) is 19.4 Å². The molecule has 0 amide bonds. The summed E-state index contributed by atoms with van der Waals surface area (Å²) in [6, 6.07) is 0. The predicted octanol–water partition coefficient (Wildman–Crippen LogP) is 2.17. The molecule has 1 N–H and O–H groups in total. The van der Waals surface area contributed by atoms with Crippen LogP contribution >= 0.6 is 11.3 Å². The van der Waals surface area contributed by atoms with Gasteiger partial charge in [0.15, 0.2) is 0 Å². The highest BCUT2D eigenvalue weighted by atomic mass is 32.1. The first-order valence-corrected chi connectivity index (χ1v) is 7.54. The second kappa shape index (κ2) is 4.72. The van der Waals surface area contributed by atoms with Gasteiger partial charge in [0.2, 0.25) is 0 Å². The number of nitrogens with one attached hydrogen (secondary N) is 1. The van der Waals surface area contributed by atoms with Gasteiger partial charge < -0.3 is 9.88 Å². The van der Waals surface area contributed by atoms with Gasteiger partial charge >= 0.3 is 0 Å². The highest BCUT2D eigenvalue weighted by molar-refractivity contribution is 7.18. The van der Waals surface area contributed by atoms with Gasteiger partial charge in [0.1, 0.15) is 10.7 Å². The zero-order chi connectivity index (χ0) is 13.6. The summed E-state index contributed by atoms with van der Waals surface area (Å²) in [6.45, 7) is 2.95. The SMILES string of the molecule is C[C@@H]1CCc2c(sc3nc(CN(C)C)[nH]c(=O)c23)C1. The largest absolute Gasteiger partial charge is 0.309 e. The van der Waals surface area contributed by atoms with Crippen LogP contribution in [0, 0.1) is 5.92 Å². The Labute approximate surface area is 116 Å². The molecule has 0 saturated heterocycles. The average molecular weight is 277 g/mol. The van der Waals surface area contributed by atoms with E-state index >= 15 is 0 Å². The Kier molecular flexibility index (Phi) is 3.19. The standard InChI is InChI=1S/C14H19N3OS/c1-8-4-5-9-10(6-8)19-14-12(9)13(18)15-11(16-14)7-17(2)3/h8H,4-7H2,1-3H3,(H,15,16,18)/t8-/m1/s1. The molecule has 0 aromatic carbocycles. The zero-order valence-corrected chi connectivity index (χ0v) is 12.4. The summed E-state index contributed by atoms with van der Waals surface area (Å²) in [5, 5.41) is 0.842. The fourth-order valence-electron chi connectivity index (χ4n) is 2.77. The van der Waals surface area contributed by atoms with Gasteiger partial charge in [-0.25, -0.2) is 4.98 Å². The second-order valence-corrected chi connectivity index (χ2v) is 6.87. The number of hydrogen-bond acceptors (Lipinski definition) is 4. The van der Waals surface area contributed by atoms with Gasteiger partial charge in [-0.2, -0.15) is 0 Å². The molecule has 0 fully saturated rings. The summed E-state index contributed by atoms with van der Waals surface area (Å²) in [7, 11) is 3.95. The molecule has 4 nitrogen and oxygen atoms in total. The van der Waals surface area contributed by atoms with Crippen LogP contribution < -0.4 is 5.56 Å². The maximum absolute atomic E-state index is 12.3. The molecule has 0 spiro atoms. The molecular formula is C14H19N3OS. The Bertz CT molecular complexity index is 671. The lowest BCUT2D eigenvalue weighted by atomic mass is 9.89. The molecule has 19 heavy (non-hydrogen) atoms. The number of rotatable bonds is 2. The van der Waals surface area contributed by atoms with E-state index in [1.54, 1.807) is 11.3 Å².